The lowest BCUT2D eigenvalue weighted by Gasteiger charge is -2.36. The first-order valence-corrected chi connectivity index (χ1v) is 13.1. The highest BCUT2D eigenvalue weighted by Crippen LogP contribution is 2.31. The number of halogens is 1. The van der Waals surface area contributed by atoms with Gasteiger partial charge in [-0.1, -0.05) is 23.7 Å². The van der Waals surface area contributed by atoms with E-state index < -0.39 is 0 Å². The van der Waals surface area contributed by atoms with Crippen molar-refractivity contribution in [2.24, 2.45) is 0 Å². The molecule has 5 heterocycles. The Kier molecular flexibility index (Phi) is 6.53. The summed E-state index contributed by atoms with van der Waals surface area (Å²) in [6, 6.07) is 10.5. The second-order valence-electron chi connectivity index (χ2n) is 9.40. The van der Waals surface area contributed by atoms with Crippen molar-refractivity contribution < 1.29 is 4.79 Å². The van der Waals surface area contributed by atoms with Crippen LogP contribution in [0.25, 0.3) is 16.9 Å². The molecule has 0 radical (unpaired) electrons. The predicted molar refractivity (Wildman–Crippen MR) is 146 cm³/mol. The summed E-state index contributed by atoms with van der Waals surface area (Å²) >= 11 is 6.31. The molecule has 0 saturated carbocycles. The van der Waals surface area contributed by atoms with E-state index >= 15 is 0 Å². The van der Waals surface area contributed by atoms with E-state index in [2.05, 4.69) is 49.4 Å². The minimum Gasteiger partial charge on any atom is -0.372 e. The first kappa shape index (κ1) is 23.5. The maximum Gasteiger partial charge on any atom is 0.242 e. The molecular formula is C27H29ClN8O. The quantitative estimate of drug-likeness (QED) is 0.417. The number of rotatable bonds is 6. The number of piperazine rings is 1. The third-order valence-corrected chi connectivity index (χ3v) is 7.46. The van der Waals surface area contributed by atoms with Gasteiger partial charge in [-0.2, -0.15) is 0 Å². The summed E-state index contributed by atoms with van der Waals surface area (Å²) in [7, 11) is 0. The standard InChI is InChI=1S/C27H29ClN8O/c28-22-17-29-8-7-23(22)34-13-15-35(16-14-34)25(37)19-31-27-26(32-24-18-30-9-12-36(24)27)20-3-5-21(6-4-20)33-10-1-2-11-33/h3-9,12,17-18,31H,1-2,10-11,13-16,19H2. The van der Waals surface area contributed by atoms with E-state index in [-0.39, 0.29) is 12.5 Å². The fourth-order valence-corrected chi connectivity index (χ4v) is 5.41. The van der Waals surface area contributed by atoms with E-state index in [1.807, 2.05) is 21.6 Å². The van der Waals surface area contributed by atoms with Gasteiger partial charge in [0.2, 0.25) is 5.91 Å². The zero-order valence-corrected chi connectivity index (χ0v) is 21.3. The Morgan fingerprint density at radius 2 is 1.65 bits per heavy atom. The Balaban J connectivity index is 1.16. The molecule has 37 heavy (non-hydrogen) atoms. The van der Waals surface area contributed by atoms with Gasteiger partial charge in [0.1, 0.15) is 11.5 Å². The lowest BCUT2D eigenvalue weighted by molar-refractivity contribution is -0.129. The Bertz CT molecular complexity index is 1390. The molecule has 190 valence electrons. The monoisotopic (exact) mass is 516 g/mol. The molecule has 2 saturated heterocycles. The Labute approximate surface area is 220 Å². The van der Waals surface area contributed by atoms with Crippen LogP contribution in [0.2, 0.25) is 5.02 Å². The van der Waals surface area contributed by atoms with Crippen molar-refractivity contribution in [3.8, 4) is 11.3 Å². The minimum absolute atomic E-state index is 0.0554. The van der Waals surface area contributed by atoms with E-state index in [0.717, 1.165) is 54.6 Å². The molecule has 10 heteroatoms. The largest absolute Gasteiger partial charge is 0.372 e. The molecule has 0 bridgehead atoms. The van der Waals surface area contributed by atoms with Crippen LogP contribution < -0.4 is 15.1 Å². The van der Waals surface area contributed by atoms with E-state index in [0.29, 0.717) is 18.1 Å². The summed E-state index contributed by atoms with van der Waals surface area (Å²) in [5, 5.41) is 4.01. The number of nitrogens with one attached hydrogen (secondary N) is 1. The molecule has 2 aliphatic rings. The van der Waals surface area contributed by atoms with Gasteiger partial charge in [0.15, 0.2) is 5.65 Å². The van der Waals surface area contributed by atoms with Gasteiger partial charge in [0, 0.05) is 75.3 Å². The zero-order chi connectivity index (χ0) is 25.2. The lowest BCUT2D eigenvalue weighted by atomic mass is 10.1. The summed E-state index contributed by atoms with van der Waals surface area (Å²) in [5.74, 6) is 0.849. The minimum atomic E-state index is 0.0554. The van der Waals surface area contributed by atoms with Crippen LogP contribution in [0.4, 0.5) is 17.2 Å². The Morgan fingerprint density at radius 3 is 2.41 bits per heavy atom. The number of amides is 1. The second-order valence-corrected chi connectivity index (χ2v) is 9.81. The maximum atomic E-state index is 13.1. The van der Waals surface area contributed by atoms with Crippen LogP contribution in [0.15, 0.2) is 61.3 Å². The third kappa shape index (κ3) is 4.79. The van der Waals surface area contributed by atoms with Crippen LogP contribution in [-0.4, -0.2) is 76.0 Å². The van der Waals surface area contributed by atoms with Crippen molar-refractivity contribution in [2.75, 3.05) is 60.9 Å². The molecule has 4 aromatic rings. The first-order chi connectivity index (χ1) is 18.2. The number of hydrogen-bond acceptors (Lipinski definition) is 7. The average molecular weight is 517 g/mol. The number of pyridine rings is 1. The van der Waals surface area contributed by atoms with Crippen molar-refractivity contribution in [2.45, 2.75) is 12.8 Å². The third-order valence-electron chi connectivity index (χ3n) is 7.17. The highest BCUT2D eigenvalue weighted by molar-refractivity contribution is 6.33. The smallest absolute Gasteiger partial charge is 0.242 e. The molecule has 2 fully saturated rings. The highest BCUT2D eigenvalue weighted by Gasteiger charge is 2.23. The molecule has 2 aliphatic heterocycles. The lowest BCUT2D eigenvalue weighted by Crippen LogP contribution is -2.50. The summed E-state index contributed by atoms with van der Waals surface area (Å²) < 4.78 is 1.95. The molecular weight excluding hydrogens is 488 g/mol. The fourth-order valence-electron chi connectivity index (χ4n) is 5.17. The predicted octanol–water partition coefficient (Wildman–Crippen LogP) is 3.81. The van der Waals surface area contributed by atoms with Crippen LogP contribution in [0.5, 0.6) is 0 Å². The Morgan fingerprint density at radius 1 is 0.892 bits per heavy atom. The molecule has 0 atom stereocenters. The van der Waals surface area contributed by atoms with Gasteiger partial charge in [-0.25, -0.2) is 4.98 Å². The Hall–Kier alpha value is -3.85. The van der Waals surface area contributed by atoms with Crippen LogP contribution in [-0.2, 0) is 4.79 Å². The van der Waals surface area contributed by atoms with Crippen LogP contribution >= 0.6 is 11.6 Å². The van der Waals surface area contributed by atoms with Gasteiger partial charge in [-0.3, -0.25) is 19.2 Å². The SMILES string of the molecule is O=C(CNc1c(-c2ccc(N3CCCC3)cc2)nc2cnccn12)N1CCN(c2ccncc2Cl)CC1. The number of anilines is 3. The van der Waals surface area contributed by atoms with E-state index in [9.17, 15) is 4.79 Å². The van der Waals surface area contributed by atoms with Gasteiger partial charge in [-0.15, -0.1) is 0 Å². The zero-order valence-electron chi connectivity index (χ0n) is 20.6. The molecule has 6 rings (SSSR count). The highest BCUT2D eigenvalue weighted by atomic mass is 35.5. The maximum absolute atomic E-state index is 13.1. The van der Waals surface area contributed by atoms with Crippen LogP contribution in [0.1, 0.15) is 12.8 Å². The van der Waals surface area contributed by atoms with Crippen molar-refractivity contribution >= 4 is 40.3 Å². The molecule has 0 spiro atoms. The molecule has 1 amide bonds. The van der Waals surface area contributed by atoms with Crippen LogP contribution in [0.3, 0.4) is 0 Å². The van der Waals surface area contributed by atoms with Gasteiger partial charge in [-0.05, 0) is 31.0 Å². The molecule has 1 N–H and O–H groups in total. The second kappa shape index (κ2) is 10.3. The van der Waals surface area contributed by atoms with Gasteiger partial charge in [0.05, 0.1) is 23.5 Å². The molecule has 0 unspecified atom stereocenters. The number of fused-ring (bicyclic) bond motifs is 1. The number of benzene rings is 1. The number of carbonyl (C=O) groups excluding carboxylic acids is 1. The molecule has 1 aromatic carbocycles. The van der Waals surface area contributed by atoms with E-state index in [1.165, 1.54) is 18.5 Å². The molecule has 3 aromatic heterocycles. The summed E-state index contributed by atoms with van der Waals surface area (Å²) in [5.41, 5.74) is 4.75. The fraction of sp³-hybridized carbons (Fsp3) is 0.333. The normalized spacial score (nSPS) is 16.0. The van der Waals surface area contributed by atoms with Gasteiger partial charge >= 0.3 is 0 Å². The summed E-state index contributed by atoms with van der Waals surface area (Å²) in [4.78, 5) is 32.8. The van der Waals surface area contributed by atoms with Crippen molar-refractivity contribution in [3.63, 3.8) is 0 Å². The van der Waals surface area contributed by atoms with E-state index in [4.69, 9.17) is 16.6 Å². The van der Waals surface area contributed by atoms with Crippen molar-refractivity contribution in [3.05, 3.63) is 66.3 Å². The first-order valence-electron chi connectivity index (χ1n) is 12.7. The topological polar surface area (TPSA) is 81.9 Å². The number of aromatic nitrogens is 4. The van der Waals surface area contributed by atoms with Crippen molar-refractivity contribution in [1.29, 1.82) is 0 Å². The number of nitrogens with zero attached hydrogens (tertiary/aromatic N) is 7. The number of imidazole rings is 1. The number of hydrogen-bond donors (Lipinski definition) is 1. The van der Waals surface area contributed by atoms with E-state index in [1.54, 1.807) is 24.8 Å². The van der Waals surface area contributed by atoms with Gasteiger partial charge in [0.25, 0.3) is 0 Å². The average Bonchev–Trinajstić information content (AvgIpc) is 3.61. The number of carbonyl (C=O) groups is 1. The summed E-state index contributed by atoms with van der Waals surface area (Å²) in [6.45, 7) is 5.14. The van der Waals surface area contributed by atoms with Gasteiger partial charge < -0.3 is 20.0 Å². The molecule has 9 nitrogen and oxygen atoms in total. The van der Waals surface area contributed by atoms with Crippen LogP contribution in [0, 0.1) is 0 Å². The van der Waals surface area contributed by atoms with Crippen molar-refractivity contribution in [1.82, 2.24) is 24.3 Å². The molecule has 0 aliphatic carbocycles. The summed E-state index contributed by atoms with van der Waals surface area (Å²) in [6.07, 6.45) is 11.2.